The quantitative estimate of drug-likeness (QED) is 0.372. The molecular weight excluding hydrogens is 430 g/mol. The predicted molar refractivity (Wildman–Crippen MR) is 132 cm³/mol. The van der Waals surface area contributed by atoms with E-state index in [9.17, 15) is 4.79 Å². The first-order valence-corrected chi connectivity index (χ1v) is 11.3. The van der Waals surface area contributed by atoms with E-state index in [4.69, 9.17) is 18.6 Å². The van der Waals surface area contributed by atoms with Crippen molar-refractivity contribution in [1.29, 1.82) is 0 Å². The van der Waals surface area contributed by atoms with E-state index in [1.54, 1.807) is 14.2 Å². The molecular formula is C28H27NO5. The zero-order valence-electron chi connectivity index (χ0n) is 19.6. The summed E-state index contributed by atoms with van der Waals surface area (Å²) in [5.41, 5.74) is 4.58. The molecule has 0 bridgehead atoms. The highest BCUT2D eigenvalue weighted by atomic mass is 16.5. The number of aryl methyl sites for hydroxylation is 1. The van der Waals surface area contributed by atoms with E-state index in [0.717, 1.165) is 57.9 Å². The average molecular weight is 458 g/mol. The molecule has 0 amide bonds. The van der Waals surface area contributed by atoms with Gasteiger partial charge in [0.1, 0.15) is 29.6 Å². The number of benzene rings is 3. The third-order valence-electron chi connectivity index (χ3n) is 6.45. The first kappa shape index (κ1) is 22.0. The molecule has 1 aliphatic rings. The maximum absolute atomic E-state index is 13.1. The average Bonchev–Trinajstić information content (AvgIpc) is 2.88. The predicted octanol–water partition coefficient (Wildman–Crippen LogP) is 5.18. The van der Waals surface area contributed by atoms with Crippen molar-refractivity contribution in [3.63, 3.8) is 0 Å². The lowest BCUT2D eigenvalue weighted by Crippen LogP contribution is -2.33. The molecule has 0 unspecified atom stereocenters. The Labute approximate surface area is 198 Å². The SMILES string of the molecule is COc1ccc(-c2c(C)c3ccc4c(c3oc2=O)CN(CCc2ccccc2OC)CO4)cc1. The van der Waals surface area contributed by atoms with Crippen LogP contribution in [0.3, 0.4) is 0 Å². The number of methoxy groups -OCH3 is 2. The van der Waals surface area contributed by atoms with Crippen molar-refractivity contribution in [2.45, 2.75) is 19.9 Å². The highest BCUT2D eigenvalue weighted by Crippen LogP contribution is 2.36. The molecule has 0 aliphatic carbocycles. The van der Waals surface area contributed by atoms with Crippen LogP contribution in [0.2, 0.25) is 0 Å². The highest BCUT2D eigenvalue weighted by Gasteiger charge is 2.24. The minimum absolute atomic E-state index is 0.352. The zero-order chi connectivity index (χ0) is 23.7. The van der Waals surface area contributed by atoms with Crippen LogP contribution in [0, 0.1) is 6.92 Å². The van der Waals surface area contributed by atoms with Crippen molar-refractivity contribution in [2.24, 2.45) is 0 Å². The molecule has 6 heteroatoms. The molecule has 1 aliphatic heterocycles. The number of para-hydroxylation sites is 1. The van der Waals surface area contributed by atoms with Crippen LogP contribution in [0.5, 0.6) is 17.2 Å². The van der Waals surface area contributed by atoms with E-state index in [0.29, 0.717) is 24.4 Å². The summed E-state index contributed by atoms with van der Waals surface area (Å²) in [7, 11) is 3.31. The molecule has 0 N–H and O–H groups in total. The van der Waals surface area contributed by atoms with E-state index in [1.807, 2.05) is 61.5 Å². The molecule has 2 heterocycles. The standard InChI is InChI=1S/C28H27NO5/c1-18-22-12-13-25-23(16-29(17-33-25)15-14-19-6-4-5-7-24(19)32-3)27(22)34-28(30)26(18)20-8-10-21(31-2)11-9-20/h4-13H,14-17H2,1-3H3. The lowest BCUT2D eigenvalue weighted by Gasteiger charge is -2.29. The van der Waals surface area contributed by atoms with Crippen LogP contribution in [0.15, 0.2) is 69.9 Å². The molecule has 174 valence electrons. The molecule has 0 fully saturated rings. The van der Waals surface area contributed by atoms with E-state index in [1.165, 1.54) is 0 Å². The van der Waals surface area contributed by atoms with Gasteiger partial charge in [0.15, 0.2) is 0 Å². The van der Waals surface area contributed by atoms with Crippen molar-refractivity contribution in [2.75, 3.05) is 27.5 Å². The van der Waals surface area contributed by atoms with Crippen molar-refractivity contribution < 1.29 is 18.6 Å². The van der Waals surface area contributed by atoms with Crippen LogP contribution in [0.25, 0.3) is 22.1 Å². The van der Waals surface area contributed by atoms with Gasteiger partial charge < -0.3 is 18.6 Å². The maximum Gasteiger partial charge on any atom is 0.344 e. The van der Waals surface area contributed by atoms with Gasteiger partial charge in [-0.3, -0.25) is 4.90 Å². The van der Waals surface area contributed by atoms with Gasteiger partial charge in [-0.1, -0.05) is 30.3 Å². The normalized spacial score (nSPS) is 13.4. The van der Waals surface area contributed by atoms with E-state index in [-0.39, 0.29) is 5.63 Å². The summed E-state index contributed by atoms with van der Waals surface area (Å²) < 4.78 is 22.7. The minimum atomic E-state index is -0.352. The Morgan fingerprint density at radius 3 is 2.53 bits per heavy atom. The molecule has 5 rings (SSSR count). The van der Waals surface area contributed by atoms with Crippen molar-refractivity contribution in [3.8, 4) is 28.4 Å². The molecule has 4 aromatic rings. The van der Waals surface area contributed by atoms with Gasteiger partial charge >= 0.3 is 5.63 Å². The first-order chi connectivity index (χ1) is 16.6. The summed E-state index contributed by atoms with van der Waals surface area (Å²) in [5.74, 6) is 2.39. The summed E-state index contributed by atoms with van der Waals surface area (Å²) in [4.78, 5) is 15.3. The Morgan fingerprint density at radius 1 is 0.971 bits per heavy atom. The van der Waals surface area contributed by atoms with Gasteiger partial charge in [0.25, 0.3) is 0 Å². The van der Waals surface area contributed by atoms with E-state index in [2.05, 4.69) is 11.0 Å². The monoisotopic (exact) mass is 457 g/mol. The molecule has 0 saturated carbocycles. The largest absolute Gasteiger partial charge is 0.497 e. The summed E-state index contributed by atoms with van der Waals surface area (Å²) >= 11 is 0. The summed E-state index contributed by atoms with van der Waals surface area (Å²) in [6.45, 7) is 3.89. The molecule has 3 aromatic carbocycles. The highest BCUT2D eigenvalue weighted by molar-refractivity contribution is 5.90. The number of ether oxygens (including phenoxy) is 3. The van der Waals surface area contributed by atoms with Crippen LogP contribution in [-0.4, -0.2) is 32.4 Å². The first-order valence-electron chi connectivity index (χ1n) is 11.3. The van der Waals surface area contributed by atoms with Gasteiger partial charge in [-0.15, -0.1) is 0 Å². The second-order valence-corrected chi connectivity index (χ2v) is 8.42. The van der Waals surface area contributed by atoms with Crippen molar-refractivity contribution in [3.05, 3.63) is 87.8 Å². The molecule has 1 aromatic heterocycles. The fourth-order valence-corrected chi connectivity index (χ4v) is 4.59. The fourth-order valence-electron chi connectivity index (χ4n) is 4.59. The number of hydrogen-bond acceptors (Lipinski definition) is 6. The molecule has 0 spiro atoms. The maximum atomic E-state index is 13.1. The van der Waals surface area contributed by atoms with Gasteiger partial charge in [0.05, 0.1) is 25.3 Å². The van der Waals surface area contributed by atoms with Gasteiger partial charge in [-0.2, -0.15) is 0 Å². The Kier molecular flexibility index (Phi) is 5.99. The second kappa shape index (κ2) is 9.23. The van der Waals surface area contributed by atoms with Crippen LogP contribution in [-0.2, 0) is 13.0 Å². The van der Waals surface area contributed by atoms with Crippen LogP contribution < -0.4 is 19.8 Å². The van der Waals surface area contributed by atoms with E-state index < -0.39 is 0 Å². The molecule has 6 nitrogen and oxygen atoms in total. The number of fused-ring (bicyclic) bond motifs is 3. The fraction of sp³-hybridized carbons (Fsp3) is 0.250. The van der Waals surface area contributed by atoms with Gasteiger partial charge in [-0.05, 0) is 60.4 Å². The minimum Gasteiger partial charge on any atom is -0.497 e. The zero-order valence-corrected chi connectivity index (χ0v) is 19.6. The lowest BCUT2D eigenvalue weighted by molar-refractivity contribution is 0.0966. The van der Waals surface area contributed by atoms with Crippen LogP contribution in [0.4, 0.5) is 0 Å². The molecule has 0 atom stereocenters. The number of rotatable bonds is 6. The Balaban J connectivity index is 1.46. The summed E-state index contributed by atoms with van der Waals surface area (Å²) in [5, 5.41) is 0.916. The number of nitrogens with zero attached hydrogens (tertiary/aromatic N) is 1. The molecule has 34 heavy (non-hydrogen) atoms. The Bertz CT molecular complexity index is 1390. The summed E-state index contributed by atoms with van der Waals surface area (Å²) in [6.07, 6.45) is 0.831. The Hall–Kier alpha value is -3.77. The van der Waals surface area contributed by atoms with Crippen molar-refractivity contribution in [1.82, 2.24) is 4.90 Å². The van der Waals surface area contributed by atoms with Gasteiger partial charge in [0.2, 0.25) is 0 Å². The third kappa shape index (κ3) is 4.01. The van der Waals surface area contributed by atoms with Crippen LogP contribution in [0.1, 0.15) is 16.7 Å². The summed E-state index contributed by atoms with van der Waals surface area (Å²) in [6, 6.07) is 19.4. The smallest absolute Gasteiger partial charge is 0.344 e. The van der Waals surface area contributed by atoms with Crippen molar-refractivity contribution >= 4 is 11.0 Å². The third-order valence-corrected chi connectivity index (χ3v) is 6.45. The van der Waals surface area contributed by atoms with Gasteiger partial charge in [-0.25, -0.2) is 4.79 Å². The topological polar surface area (TPSA) is 61.1 Å². The molecule has 0 saturated heterocycles. The van der Waals surface area contributed by atoms with E-state index >= 15 is 0 Å². The van der Waals surface area contributed by atoms with Crippen LogP contribution >= 0.6 is 0 Å². The van der Waals surface area contributed by atoms with Gasteiger partial charge in [0, 0.05) is 18.5 Å². The second-order valence-electron chi connectivity index (χ2n) is 8.42. The molecule has 0 radical (unpaired) electrons. The lowest BCUT2D eigenvalue weighted by atomic mass is 9.97. The number of hydrogen-bond donors (Lipinski definition) is 0. The Morgan fingerprint density at radius 2 is 1.76 bits per heavy atom.